The lowest BCUT2D eigenvalue weighted by atomic mass is 9.81. The quantitative estimate of drug-likeness (QED) is 0.808. The SMILES string of the molecule is Cc1cc(NC(=O)CN2C(=O)C3CCCCC3C2=O)ccc1N1CCCC1=O. The lowest BCUT2D eigenvalue weighted by Gasteiger charge is -2.19. The molecule has 2 atom stereocenters. The summed E-state index contributed by atoms with van der Waals surface area (Å²) in [5.41, 5.74) is 2.34. The monoisotopic (exact) mass is 383 g/mol. The molecule has 0 radical (unpaired) electrons. The number of carbonyl (C=O) groups excluding carboxylic acids is 4. The molecule has 0 spiro atoms. The van der Waals surface area contributed by atoms with E-state index in [9.17, 15) is 19.2 Å². The van der Waals surface area contributed by atoms with Gasteiger partial charge in [-0.25, -0.2) is 0 Å². The molecule has 0 bridgehead atoms. The van der Waals surface area contributed by atoms with Crippen molar-refractivity contribution < 1.29 is 19.2 Å². The fourth-order valence-corrected chi connectivity index (χ4v) is 4.67. The van der Waals surface area contributed by atoms with E-state index in [0.29, 0.717) is 18.7 Å². The van der Waals surface area contributed by atoms with E-state index in [1.54, 1.807) is 11.0 Å². The van der Waals surface area contributed by atoms with E-state index in [2.05, 4.69) is 5.32 Å². The number of rotatable bonds is 4. The van der Waals surface area contributed by atoms with Crippen molar-refractivity contribution in [2.45, 2.75) is 45.4 Å². The largest absolute Gasteiger partial charge is 0.325 e. The molecule has 0 aromatic heterocycles. The van der Waals surface area contributed by atoms with Crippen LogP contribution in [0.3, 0.4) is 0 Å². The number of likely N-dealkylation sites (tertiary alicyclic amines) is 1. The molecular formula is C21H25N3O4. The fourth-order valence-electron chi connectivity index (χ4n) is 4.67. The van der Waals surface area contributed by atoms with Crippen molar-refractivity contribution in [3.05, 3.63) is 23.8 Å². The molecule has 1 saturated carbocycles. The minimum absolute atomic E-state index is 0.118. The van der Waals surface area contributed by atoms with Crippen molar-refractivity contribution in [3.8, 4) is 0 Å². The van der Waals surface area contributed by atoms with E-state index in [1.165, 1.54) is 0 Å². The Hall–Kier alpha value is -2.70. The number of anilines is 2. The van der Waals surface area contributed by atoms with Gasteiger partial charge in [0.05, 0.1) is 11.8 Å². The maximum atomic E-state index is 12.5. The van der Waals surface area contributed by atoms with Gasteiger partial charge in [-0.2, -0.15) is 0 Å². The summed E-state index contributed by atoms with van der Waals surface area (Å²) in [6.07, 6.45) is 4.83. The van der Waals surface area contributed by atoms with Gasteiger partial charge >= 0.3 is 0 Å². The molecular weight excluding hydrogens is 358 g/mol. The first-order chi connectivity index (χ1) is 13.5. The molecule has 4 amide bonds. The zero-order chi connectivity index (χ0) is 19.8. The summed E-state index contributed by atoms with van der Waals surface area (Å²) >= 11 is 0. The Labute approximate surface area is 164 Å². The Balaban J connectivity index is 1.41. The van der Waals surface area contributed by atoms with Crippen LogP contribution in [0.25, 0.3) is 0 Å². The van der Waals surface area contributed by atoms with Gasteiger partial charge in [-0.05, 0) is 49.9 Å². The van der Waals surface area contributed by atoms with Gasteiger partial charge in [0.15, 0.2) is 0 Å². The van der Waals surface area contributed by atoms with Gasteiger partial charge in [0.1, 0.15) is 6.54 Å². The summed E-state index contributed by atoms with van der Waals surface area (Å²) in [6, 6.07) is 5.39. The van der Waals surface area contributed by atoms with Crippen molar-refractivity contribution in [1.29, 1.82) is 0 Å². The lowest BCUT2D eigenvalue weighted by molar-refractivity contribution is -0.142. The van der Waals surface area contributed by atoms with E-state index in [1.807, 2.05) is 19.1 Å². The van der Waals surface area contributed by atoms with E-state index in [-0.39, 0.29) is 42.0 Å². The molecule has 4 rings (SSSR count). The van der Waals surface area contributed by atoms with Crippen molar-refractivity contribution in [2.75, 3.05) is 23.3 Å². The summed E-state index contributed by atoms with van der Waals surface area (Å²) < 4.78 is 0. The van der Waals surface area contributed by atoms with Crippen molar-refractivity contribution in [2.24, 2.45) is 11.8 Å². The minimum Gasteiger partial charge on any atom is -0.325 e. The third-order valence-electron chi connectivity index (χ3n) is 6.08. The number of aryl methyl sites for hydroxylation is 1. The highest BCUT2D eigenvalue weighted by atomic mass is 16.2. The average molecular weight is 383 g/mol. The maximum absolute atomic E-state index is 12.5. The van der Waals surface area contributed by atoms with Gasteiger partial charge in [-0.1, -0.05) is 12.8 Å². The Morgan fingerprint density at radius 1 is 1.07 bits per heavy atom. The number of imide groups is 1. The number of carbonyl (C=O) groups is 4. The molecule has 3 aliphatic rings. The molecule has 1 N–H and O–H groups in total. The molecule has 1 aromatic carbocycles. The molecule has 7 nitrogen and oxygen atoms in total. The van der Waals surface area contributed by atoms with Crippen LogP contribution in [0.2, 0.25) is 0 Å². The Bertz CT molecular complexity index is 826. The normalized spacial score (nSPS) is 24.7. The van der Waals surface area contributed by atoms with Gasteiger partial charge in [0, 0.05) is 24.3 Å². The first kappa shape index (κ1) is 18.7. The zero-order valence-electron chi connectivity index (χ0n) is 16.1. The number of nitrogens with zero attached hydrogens (tertiary/aromatic N) is 2. The molecule has 2 saturated heterocycles. The number of benzene rings is 1. The molecule has 28 heavy (non-hydrogen) atoms. The Morgan fingerprint density at radius 2 is 1.75 bits per heavy atom. The van der Waals surface area contributed by atoms with E-state index >= 15 is 0 Å². The Morgan fingerprint density at radius 3 is 2.32 bits per heavy atom. The molecule has 148 valence electrons. The van der Waals surface area contributed by atoms with Crippen LogP contribution in [0.4, 0.5) is 11.4 Å². The summed E-state index contributed by atoms with van der Waals surface area (Å²) in [7, 11) is 0. The summed E-state index contributed by atoms with van der Waals surface area (Å²) in [6.45, 7) is 2.37. The van der Waals surface area contributed by atoms with Crippen LogP contribution >= 0.6 is 0 Å². The van der Waals surface area contributed by atoms with Crippen LogP contribution in [-0.2, 0) is 19.2 Å². The van der Waals surface area contributed by atoms with Gasteiger partial charge < -0.3 is 10.2 Å². The van der Waals surface area contributed by atoms with E-state index in [0.717, 1.165) is 48.3 Å². The van der Waals surface area contributed by atoms with Crippen LogP contribution < -0.4 is 10.2 Å². The standard InChI is InChI=1S/C21H25N3O4/c1-13-11-14(8-9-17(13)23-10-4-7-19(23)26)22-18(25)12-24-20(27)15-5-2-3-6-16(15)21(24)28/h8-9,11,15-16H,2-7,10,12H2,1H3,(H,22,25). The Kier molecular flexibility index (Phi) is 4.91. The zero-order valence-corrected chi connectivity index (χ0v) is 16.1. The van der Waals surface area contributed by atoms with Crippen LogP contribution in [-0.4, -0.2) is 41.6 Å². The molecule has 7 heteroatoms. The molecule has 1 aliphatic carbocycles. The average Bonchev–Trinajstić information content (AvgIpc) is 3.19. The summed E-state index contributed by atoms with van der Waals surface area (Å²) in [5.74, 6) is -1.16. The number of amides is 4. The first-order valence-corrected chi connectivity index (χ1v) is 10.0. The van der Waals surface area contributed by atoms with Crippen molar-refractivity contribution in [3.63, 3.8) is 0 Å². The predicted molar refractivity (Wildman–Crippen MR) is 104 cm³/mol. The second kappa shape index (κ2) is 7.37. The first-order valence-electron chi connectivity index (χ1n) is 10.0. The third-order valence-corrected chi connectivity index (χ3v) is 6.08. The summed E-state index contributed by atoms with van der Waals surface area (Å²) in [4.78, 5) is 52.3. The predicted octanol–water partition coefficient (Wildman–Crippen LogP) is 2.24. The molecule has 2 heterocycles. The minimum atomic E-state index is -0.384. The fraction of sp³-hybridized carbons (Fsp3) is 0.524. The second-order valence-corrected chi connectivity index (χ2v) is 7.96. The van der Waals surface area contributed by atoms with Crippen LogP contribution in [0.1, 0.15) is 44.1 Å². The highest BCUT2D eigenvalue weighted by Crippen LogP contribution is 2.38. The van der Waals surface area contributed by atoms with Crippen molar-refractivity contribution in [1.82, 2.24) is 4.90 Å². The lowest BCUT2D eigenvalue weighted by Crippen LogP contribution is -2.38. The van der Waals surface area contributed by atoms with Gasteiger partial charge in [-0.15, -0.1) is 0 Å². The highest BCUT2D eigenvalue weighted by Gasteiger charge is 2.48. The van der Waals surface area contributed by atoms with Gasteiger partial charge in [0.25, 0.3) is 0 Å². The highest BCUT2D eigenvalue weighted by molar-refractivity contribution is 6.08. The van der Waals surface area contributed by atoms with Crippen LogP contribution in [0.5, 0.6) is 0 Å². The van der Waals surface area contributed by atoms with E-state index in [4.69, 9.17) is 0 Å². The molecule has 3 fully saturated rings. The topological polar surface area (TPSA) is 86.8 Å². The van der Waals surface area contributed by atoms with Gasteiger partial charge in [0.2, 0.25) is 23.6 Å². The maximum Gasteiger partial charge on any atom is 0.244 e. The molecule has 1 aromatic rings. The number of nitrogens with one attached hydrogen (secondary N) is 1. The van der Waals surface area contributed by atoms with Crippen LogP contribution in [0.15, 0.2) is 18.2 Å². The number of hydrogen-bond donors (Lipinski definition) is 1. The van der Waals surface area contributed by atoms with Crippen LogP contribution in [0, 0.1) is 18.8 Å². The van der Waals surface area contributed by atoms with Gasteiger partial charge in [-0.3, -0.25) is 24.1 Å². The summed E-state index contributed by atoms with van der Waals surface area (Å²) in [5, 5.41) is 2.77. The molecule has 2 unspecified atom stereocenters. The second-order valence-electron chi connectivity index (χ2n) is 7.96. The number of fused-ring (bicyclic) bond motifs is 1. The smallest absolute Gasteiger partial charge is 0.244 e. The molecule has 2 aliphatic heterocycles. The van der Waals surface area contributed by atoms with Crippen molar-refractivity contribution >= 4 is 35.0 Å². The third kappa shape index (κ3) is 3.30. The number of hydrogen-bond acceptors (Lipinski definition) is 4. The van der Waals surface area contributed by atoms with E-state index < -0.39 is 0 Å².